The largest absolute Gasteiger partial charge is 0.463 e. The van der Waals surface area contributed by atoms with Crippen LogP contribution in [0.5, 0.6) is 0 Å². The van der Waals surface area contributed by atoms with Crippen molar-refractivity contribution in [3.05, 3.63) is 65.7 Å². The summed E-state index contributed by atoms with van der Waals surface area (Å²) in [6.45, 7) is 2.08. The third-order valence-electron chi connectivity index (χ3n) is 2.98. The van der Waals surface area contributed by atoms with Crippen molar-refractivity contribution < 1.29 is 9.53 Å². The molecule has 3 heteroatoms. The van der Waals surface area contributed by atoms with Crippen molar-refractivity contribution in [2.75, 3.05) is 6.61 Å². The zero-order chi connectivity index (χ0) is 15.1. The van der Waals surface area contributed by atoms with E-state index in [2.05, 4.69) is 6.07 Å². The van der Waals surface area contributed by atoms with Crippen LogP contribution in [0.25, 0.3) is 17.2 Å². The van der Waals surface area contributed by atoms with E-state index < -0.39 is 5.97 Å². The molecule has 0 aliphatic carbocycles. The zero-order valence-electron chi connectivity index (χ0n) is 11.7. The average Bonchev–Trinajstić information content (AvgIpc) is 2.53. The van der Waals surface area contributed by atoms with Crippen molar-refractivity contribution >= 4 is 12.0 Å². The topological polar surface area (TPSA) is 50.1 Å². The van der Waals surface area contributed by atoms with Crippen LogP contribution in [-0.2, 0) is 9.53 Å². The van der Waals surface area contributed by atoms with Gasteiger partial charge < -0.3 is 4.74 Å². The zero-order valence-corrected chi connectivity index (χ0v) is 11.7. The molecule has 0 unspecified atom stereocenters. The molecule has 0 aliphatic heterocycles. The Hall–Kier alpha value is -2.86. The van der Waals surface area contributed by atoms with Crippen LogP contribution in [0.3, 0.4) is 0 Å². The Labute approximate surface area is 124 Å². The highest BCUT2D eigenvalue weighted by Gasteiger charge is 2.08. The first-order valence-corrected chi connectivity index (χ1v) is 6.69. The van der Waals surface area contributed by atoms with Crippen LogP contribution in [0, 0.1) is 11.3 Å². The molecule has 21 heavy (non-hydrogen) atoms. The van der Waals surface area contributed by atoms with Gasteiger partial charge in [0.2, 0.25) is 0 Å². The Morgan fingerprint density at radius 2 is 1.95 bits per heavy atom. The van der Waals surface area contributed by atoms with Crippen LogP contribution in [0.2, 0.25) is 0 Å². The molecule has 104 valence electrons. The molecule has 0 saturated heterocycles. The summed E-state index contributed by atoms with van der Waals surface area (Å²) in [7, 11) is 0. The Kier molecular flexibility index (Phi) is 4.89. The van der Waals surface area contributed by atoms with Gasteiger partial charge in [-0.3, -0.25) is 0 Å². The predicted molar refractivity (Wildman–Crippen MR) is 82.3 cm³/mol. The number of ether oxygens (including phenoxy) is 1. The monoisotopic (exact) mass is 277 g/mol. The lowest BCUT2D eigenvalue weighted by Crippen LogP contribution is -1.99. The van der Waals surface area contributed by atoms with Gasteiger partial charge >= 0.3 is 5.97 Å². The van der Waals surface area contributed by atoms with E-state index in [1.165, 1.54) is 6.08 Å². The molecule has 0 N–H and O–H groups in total. The number of hydrogen-bond donors (Lipinski definition) is 0. The van der Waals surface area contributed by atoms with Crippen LogP contribution in [0.4, 0.5) is 0 Å². The van der Waals surface area contributed by atoms with E-state index in [0.29, 0.717) is 17.7 Å². The Bertz CT molecular complexity index is 697. The molecule has 0 aliphatic rings. The van der Waals surface area contributed by atoms with Crippen molar-refractivity contribution in [1.82, 2.24) is 0 Å². The summed E-state index contributed by atoms with van der Waals surface area (Å²) in [6.07, 6.45) is 2.96. The highest BCUT2D eigenvalue weighted by Crippen LogP contribution is 2.26. The van der Waals surface area contributed by atoms with E-state index in [-0.39, 0.29) is 0 Å². The van der Waals surface area contributed by atoms with Crippen LogP contribution in [0.1, 0.15) is 18.1 Å². The lowest BCUT2D eigenvalue weighted by Gasteiger charge is -2.07. The molecular weight excluding hydrogens is 262 g/mol. The summed E-state index contributed by atoms with van der Waals surface area (Å²) in [6, 6.07) is 17.5. The first kappa shape index (κ1) is 14.5. The molecule has 0 saturated carbocycles. The maximum Gasteiger partial charge on any atom is 0.330 e. The second kappa shape index (κ2) is 7.06. The molecule has 0 spiro atoms. The number of carbonyl (C=O) groups is 1. The minimum Gasteiger partial charge on any atom is -0.463 e. The number of nitriles is 1. The molecule has 0 radical (unpaired) electrons. The van der Waals surface area contributed by atoms with Gasteiger partial charge in [-0.15, -0.1) is 0 Å². The minimum absolute atomic E-state index is 0.332. The fourth-order valence-electron chi connectivity index (χ4n) is 2.04. The van der Waals surface area contributed by atoms with Crippen LogP contribution < -0.4 is 0 Å². The number of nitrogens with zero attached hydrogens (tertiary/aromatic N) is 1. The van der Waals surface area contributed by atoms with Gasteiger partial charge in [0.05, 0.1) is 12.2 Å². The van der Waals surface area contributed by atoms with E-state index in [1.807, 2.05) is 42.5 Å². The molecule has 0 heterocycles. The smallest absolute Gasteiger partial charge is 0.330 e. The number of carbonyl (C=O) groups excluding carboxylic acids is 1. The van der Waals surface area contributed by atoms with Crippen molar-refractivity contribution in [2.45, 2.75) is 6.92 Å². The van der Waals surface area contributed by atoms with Gasteiger partial charge in [0.25, 0.3) is 0 Å². The van der Waals surface area contributed by atoms with Crippen molar-refractivity contribution in [2.24, 2.45) is 0 Å². The molecule has 0 fully saturated rings. The summed E-state index contributed by atoms with van der Waals surface area (Å²) >= 11 is 0. The molecule has 0 atom stereocenters. The fourth-order valence-corrected chi connectivity index (χ4v) is 2.04. The highest BCUT2D eigenvalue weighted by molar-refractivity contribution is 5.88. The van der Waals surface area contributed by atoms with Gasteiger partial charge in [-0.2, -0.15) is 5.26 Å². The van der Waals surface area contributed by atoms with Crippen LogP contribution in [0.15, 0.2) is 54.6 Å². The number of hydrogen-bond acceptors (Lipinski definition) is 3. The van der Waals surface area contributed by atoms with E-state index in [1.54, 1.807) is 19.1 Å². The molecule has 0 bridgehead atoms. The normalized spacial score (nSPS) is 10.3. The Balaban J connectivity index is 2.41. The molecule has 2 aromatic rings. The third kappa shape index (κ3) is 3.58. The van der Waals surface area contributed by atoms with E-state index >= 15 is 0 Å². The summed E-state index contributed by atoms with van der Waals surface area (Å²) in [5.41, 5.74) is 3.07. The maximum absolute atomic E-state index is 11.4. The maximum atomic E-state index is 11.4. The summed E-state index contributed by atoms with van der Waals surface area (Å²) < 4.78 is 4.84. The number of esters is 1. The molecule has 2 aromatic carbocycles. The lowest BCUT2D eigenvalue weighted by molar-refractivity contribution is -0.137. The SMILES string of the molecule is CCOC(=O)C=Cc1cccc(-c2ccccc2)c1C#N. The molecule has 0 amide bonds. The van der Waals surface area contributed by atoms with Gasteiger partial charge in [-0.1, -0.05) is 48.5 Å². The standard InChI is InChI=1S/C18H15NO2/c1-2-21-18(20)12-11-15-9-6-10-16(17(15)13-19)14-7-4-3-5-8-14/h3-12H,2H2,1H3. The Morgan fingerprint density at radius 1 is 1.19 bits per heavy atom. The minimum atomic E-state index is -0.411. The Morgan fingerprint density at radius 3 is 2.62 bits per heavy atom. The van der Waals surface area contributed by atoms with Gasteiger partial charge in [-0.25, -0.2) is 4.79 Å². The van der Waals surface area contributed by atoms with E-state index in [9.17, 15) is 10.1 Å². The highest BCUT2D eigenvalue weighted by atomic mass is 16.5. The number of rotatable bonds is 4. The van der Waals surface area contributed by atoms with E-state index in [0.717, 1.165) is 11.1 Å². The fraction of sp³-hybridized carbons (Fsp3) is 0.111. The van der Waals surface area contributed by atoms with Crippen LogP contribution in [-0.4, -0.2) is 12.6 Å². The summed E-state index contributed by atoms with van der Waals surface area (Å²) in [5, 5.41) is 9.43. The predicted octanol–water partition coefficient (Wildman–Crippen LogP) is 3.80. The van der Waals surface area contributed by atoms with Crippen molar-refractivity contribution in [1.29, 1.82) is 5.26 Å². The molecule has 0 aromatic heterocycles. The molecular formula is C18H15NO2. The first-order valence-electron chi connectivity index (χ1n) is 6.69. The van der Waals surface area contributed by atoms with Crippen molar-refractivity contribution in [3.63, 3.8) is 0 Å². The van der Waals surface area contributed by atoms with E-state index in [4.69, 9.17) is 4.74 Å². The quantitative estimate of drug-likeness (QED) is 0.631. The van der Waals surface area contributed by atoms with Crippen LogP contribution >= 0.6 is 0 Å². The van der Waals surface area contributed by atoms with Gasteiger partial charge in [0, 0.05) is 11.6 Å². The lowest BCUT2D eigenvalue weighted by atomic mass is 9.96. The second-order valence-electron chi connectivity index (χ2n) is 4.33. The third-order valence-corrected chi connectivity index (χ3v) is 2.98. The van der Waals surface area contributed by atoms with Gasteiger partial charge in [0.15, 0.2) is 0 Å². The molecule has 2 rings (SSSR count). The molecule has 3 nitrogen and oxygen atoms in total. The van der Waals surface area contributed by atoms with Gasteiger partial charge in [-0.05, 0) is 24.1 Å². The summed E-state index contributed by atoms with van der Waals surface area (Å²) in [5.74, 6) is -0.411. The van der Waals surface area contributed by atoms with Gasteiger partial charge in [0.1, 0.15) is 6.07 Å². The first-order chi connectivity index (χ1) is 10.3. The second-order valence-corrected chi connectivity index (χ2v) is 4.33. The van der Waals surface area contributed by atoms with Crippen molar-refractivity contribution in [3.8, 4) is 17.2 Å². The number of benzene rings is 2. The summed E-state index contributed by atoms with van der Waals surface area (Å²) in [4.78, 5) is 11.4. The average molecular weight is 277 g/mol.